The molecule has 0 aromatic carbocycles. The summed E-state index contributed by atoms with van der Waals surface area (Å²) in [4.78, 5) is 23.4. The Morgan fingerprint density at radius 1 is 1.36 bits per heavy atom. The lowest BCUT2D eigenvalue weighted by Gasteiger charge is -2.28. The topological polar surface area (TPSA) is 63.1 Å². The maximum Gasteiger partial charge on any atom is 0.223 e. The number of amides is 1. The number of nitrogens with zero attached hydrogens (tertiary/aromatic N) is 4. The summed E-state index contributed by atoms with van der Waals surface area (Å²) < 4.78 is 2.07. The van der Waals surface area contributed by atoms with E-state index >= 15 is 0 Å². The van der Waals surface area contributed by atoms with Crippen LogP contribution in [0.1, 0.15) is 43.5 Å². The van der Waals surface area contributed by atoms with E-state index < -0.39 is 0 Å². The van der Waals surface area contributed by atoms with Gasteiger partial charge in [-0.05, 0) is 31.4 Å². The fourth-order valence-corrected chi connectivity index (χ4v) is 3.83. The van der Waals surface area contributed by atoms with E-state index in [9.17, 15) is 4.79 Å². The molecule has 25 heavy (non-hydrogen) atoms. The van der Waals surface area contributed by atoms with E-state index in [-0.39, 0.29) is 12.0 Å². The predicted octanol–water partition coefficient (Wildman–Crippen LogP) is 2.14. The smallest absolute Gasteiger partial charge is 0.223 e. The summed E-state index contributed by atoms with van der Waals surface area (Å²) in [7, 11) is 0. The Balaban J connectivity index is 1.44. The zero-order valence-electron chi connectivity index (χ0n) is 14.6. The average molecular weight is 339 g/mol. The van der Waals surface area contributed by atoms with E-state index in [2.05, 4.69) is 43.9 Å². The number of hydrogen-bond donors (Lipinski definition) is 1. The maximum absolute atomic E-state index is 12.6. The summed E-state index contributed by atoms with van der Waals surface area (Å²) in [6.07, 6.45) is 10.5. The van der Waals surface area contributed by atoms with Crippen molar-refractivity contribution in [2.45, 2.75) is 51.4 Å². The lowest BCUT2D eigenvalue weighted by molar-refractivity contribution is -0.129. The van der Waals surface area contributed by atoms with Gasteiger partial charge in [0.05, 0.1) is 18.1 Å². The SMILES string of the molecule is CCn1cnc(CNC[C@@H]2CC(=O)N(C3CC3)[C@H]2c2cccnc2)c1. The van der Waals surface area contributed by atoms with E-state index in [1.165, 1.54) is 0 Å². The van der Waals surface area contributed by atoms with Crippen LogP contribution in [0.15, 0.2) is 37.1 Å². The van der Waals surface area contributed by atoms with Crippen LogP contribution in [0.4, 0.5) is 0 Å². The second kappa shape index (κ2) is 6.96. The number of aromatic nitrogens is 3. The summed E-state index contributed by atoms with van der Waals surface area (Å²) in [6, 6.07) is 4.64. The molecule has 6 heteroatoms. The van der Waals surface area contributed by atoms with Gasteiger partial charge in [-0.25, -0.2) is 4.98 Å². The third-order valence-corrected chi connectivity index (χ3v) is 5.20. The van der Waals surface area contributed by atoms with Gasteiger partial charge < -0.3 is 14.8 Å². The number of nitrogens with one attached hydrogen (secondary N) is 1. The van der Waals surface area contributed by atoms with Crippen LogP contribution < -0.4 is 5.32 Å². The maximum atomic E-state index is 12.6. The fourth-order valence-electron chi connectivity index (χ4n) is 3.83. The number of rotatable bonds is 7. The minimum atomic E-state index is 0.148. The Morgan fingerprint density at radius 3 is 2.92 bits per heavy atom. The Kier molecular flexibility index (Phi) is 4.53. The van der Waals surface area contributed by atoms with Gasteiger partial charge in [0.15, 0.2) is 0 Å². The first-order chi connectivity index (χ1) is 12.3. The first kappa shape index (κ1) is 16.3. The van der Waals surface area contributed by atoms with E-state index in [4.69, 9.17) is 0 Å². The molecule has 132 valence electrons. The molecule has 2 aliphatic rings. The van der Waals surface area contributed by atoms with Crippen LogP contribution in [0.2, 0.25) is 0 Å². The number of aryl methyl sites for hydroxylation is 1. The van der Waals surface area contributed by atoms with Gasteiger partial charge in [0, 0.05) is 56.6 Å². The van der Waals surface area contributed by atoms with Gasteiger partial charge in [-0.3, -0.25) is 9.78 Å². The molecular formula is C19H25N5O. The largest absolute Gasteiger partial charge is 0.337 e. The molecule has 1 saturated carbocycles. The standard InChI is InChI=1S/C19H25N5O/c1-2-23-12-16(22-13-23)11-21-10-15-8-18(25)24(17-5-6-17)19(15)14-4-3-7-20-9-14/h3-4,7,9,12-13,15,17,19,21H,2,5-6,8,10-11H2,1H3/t15-,19-/m0/s1. The molecule has 4 rings (SSSR count). The molecule has 1 aliphatic carbocycles. The van der Waals surface area contributed by atoms with E-state index in [0.29, 0.717) is 18.4 Å². The van der Waals surface area contributed by atoms with Crippen LogP contribution >= 0.6 is 0 Å². The second-order valence-corrected chi connectivity index (χ2v) is 7.05. The lowest BCUT2D eigenvalue weighted by atomic mass is 9.94. The molecule has 1 N–H and O–H groups in total. The summed E-state index contributed by atoms with van der Waals surface area (Å²) in [5.41, 5.74) is 2.20. The van der Waals surface area contributed by atoms with E-state index in [1.54, 1.807) is 6.20 Å². The van der Waals surface area contributed by atoms with Crippen molar-refractivity contribution < 1.29 is 4.79 Å². The van der Waals surface area contributed by atoms with Crippen molar-refractivity contribution in [3.8, 4) is 0 Å². The zero-order valence-corrected chi connectivity index (χ0v) is 14.6. The minimum Gasteiger partial charge on any atom is -0.337 e. The molecule has 0 unspecified atom stereocenters. The number of imidazole rings is 1. The number of carbonyl (C=O) groups excluding carboxylic acids is 1. The first-order valence-electron chi connectivity index (χ1n) is 9.18. The molecule has 2 fully saturated rings. The normalized spacial score (nSPS) is 23.4. The van der Waals surface area contributed by atoms with E-state index in [0.717, 1.165) is 43.7 Å². The zero-order chi connectivity index (χ0) is 17.2. The van der Waals surface area contributed by atoms with Gasteiger partial charge in [-0.1, -0.05) is 6.07 Å². The molecule has 1 aliphatic heterocycles. The molecule has 1 saturated heterocycles. The predicted molar refractivity (Wildman–Crippen MR) is 94.6 cm³/mol. The molecule has 1 amide bonds. The van der Waals surface area contributed by atoms with Crippen molar-refractivity contribution in [2.24, 2.45) is 5.92 Å². The van der Waals surface area contributed by atoms with Crippen molar-refractivity contribution in [1.29, 1.82) is 0 Å². The Labute approximate surface area is 148 Å². The molecule has 2 atom stereocenters. The van der Waals surface area contributed by atoms with Crippen molar-refractivity contribution in [2.75, 3.05) is 6.54 Å². The molecule has 0 spiro atoms. The summed E-state index contributed by atoms with van der Waals surface area (Å²) in [5.74, 6) is 0.573. The van der Waals surface area contributed by atoms with Crippen molar-refractivity contribution in [3.05, 3.63) is 48.3 Å². The van der Waals surface area contributed by atoms with Gasteiger partial charge >= 0.3 is 0 Å². The van der Waals surface area contributed by atoms with E-state index in [1.807, 2.05) is 18.6 Å². The van der Waals surface area contributed by atoms with Gasteiger partial charge in [0.2, 0.25) is 5.91 Å². The van der Waals surface area contributed by atoms with Crippen LogP contribution in [0, 0.1) is 5.92 Å². The summed E-state index contributed by atoms with van der Waals surface area (Å²) >= 11 is 0. The number of likely N-dealkylation sites (tertiary alicyclic amines) is 1. The third kappa shape index (κ3) is 3.44. The Hall–Kier alpha value is -2.21. The molecule has 2 aromatic rings. The van der Waals surface area contributed by atoms with Crippen molar-refractivity contribution in [1.82, 2.24) is 24.8 Å². The van der Waals surface area contributed by atoms with Gasteiger partial charge in [-0.2, -0.15) is 0 Å². The average Bonchev–Trinajstić information content (AvgIpc) is 3.27. The van der Waals surface area contributed by atoms with Crippen LogP contribution in [0.25, 0.3) is 0 Å². The fraction of sp³-hybridized carbons (Fsp3) is 0.526. The minimum absolute atomic E-state index is 0.148. The number of pyridine rings is 1. The van der Waals surface area contributed by atoms with Crippen molar-refractivity contribution in [3.63, 3.8) is 0 Å². The molecular weight excluding hydrogens is 314 g/mol. The summed E-state index contributed by atoms with van der Waals surface area (Å²) in [5, 5.41) is 3.51. The molecule has 6 nitrogen and oxygen atoms in total. The quantitative estimate of drug-likeness (QED) is 0.839. The molecule has 2 aromatic heterocycles. The Morgan fingerprint density at radius 2 is 2.24 bits per heavy atom. The lowest BCUT2D eigenvalue weighted by Crippen LogP contribution is -2.33. The van der Waals surface area contributed by atoms with Crippen LogP contribution in [0.5, 0.6) is 0 Å². The van der Waals surface area contributed by atoms with Gasteiger partial charge in [-0.15, -0.1) is 0 Å². The highest BCUT2D eigenvalue weighted by molar-refractivity contribution is 5.80. The van der Waals surface area contributed by atoms with Crippen molar-refractivity contribution >= 4 is 5.91 Å². The Bertz CT molecular complexity index is 724. The molecule has 0 bridgehead atoms. The number of carbonyl (C=O) groups is 1. The highest BCUT2D eigenvalue weighted by Gasteiger charge is 2.46. The molecule has 3 heterocycles. The van der Waals surface area contributed by atoms with Gasteiger partial charge in [0.25, 0.3) is 0 Å². The van der Waals surface area contributed by atoms with Gasteiger partial charge in [0.1, 0.15) is 0 Å². The third-order valence-electron chi connectivity index (χ3n) is 5.20. The van der Waals surface area contributed by atoms with Crippen LogP contribution in [-0.4, -0.2) is 37.9 Å². The second-order valence-electron chi connectivity index (χ2n) is 7.05. The monoisotopic (exact) mass is 339 g/mol. The molecule has 0 radical (unpaired) electrons. The van der Waals surface area contributed by atoms with Crippen LogP contribution in [0.3, 0.4) is 0 Å². The number of hydrogen-bond acceptors (Lipinski definition) is 4. The first-order valence-corrected chi connectivity index (χ1v) is 9.18. The van der Waals surface area contributed by atoms with Crippen LogP contribution in [-0.2, 0) is 17.9 Å². The highest BCUT2D eigenvalue weighted by Crippen LogP contribution is 2.44. The summed E-state index contributed by atoms with van der Waals surface area (Å²) in [6.45, 7) is 4.59. The highest BCUT2D eigenvalue weighted by atomic mass is 16.2.